The fourth-order valence-electron chi connectivity index (χ4n) is 5.68. The average molecular weight is 443 g/mol. The van der Waals surface area contributed by atoms with Crippen molar-refractivity contribution in [2.24, 2.45) is 0 Å². The van der Waals surface area contributed by atoms with Gasteiger partial charge in [-0.3, -0.25) is 4.79 Å². The monoisotopic (exact) mass is 442 g/mol. The van der Waals surface area contributed by atoms with Crippen molar-refractivity contribution >= 4 is 28.5 Å². The Balaban J connectivity index is 1.30. The minimum atomic E-state index is -0.418. The summed E-state index contributed by atoms with van der Waals surface area (Å²) in [5.74, 6) is 2.97. The van der Waals surface area contributed by atoms with Crippen LogP contribution in [0.15, 0.2) is 36.4 Å². The van der Waals surface area contributed by atoms with E-state index in [1.807, 2.05) is 44.2 Å². The largest absolute Gasteiger partial charge is 0.486 e. The van der Waals surface area contributed by atoms with Crippen molar-refractivity contribution in [3.63, 3.8) is 0 Å². The summed E-state index contributed by atoms with van der Waals surface area (Å²) in [5.41, 5.74) is 4.37. The summed E-state index contributed by atoms with van der Waals surface area (Å²) >= 11 is 0. The molecule has 2 aromatic carbocycles. The van der Waals surface area contributed by atoms with E-state index in [9.17, 15) is 4.79 Å². The van der Waals surface area contributed by atoms with Crippen molar-refractivity contribution in [3.8, 4) is 5.75 Å². The van der Waals surface area contributed by atoms with Gasteiger partial charge in [-0.05, 0) is 56.0 Å². The number of ketones is 1. The molecule has 0 unspecified atom stereocenters. The number of hydrogen-bond donors (Lipinski definition) is 0. The van der Waals surface area contributed by atoms with E-state index in [1.165, 1.54) is 12.8 Å². The number of rotatable bonds is 2. The van der Waals surface area contributed by atoms with Gasteiger partial charge in [0.05, 0.1) is 23.0 Å². The van der Waals surface area contributed by atoms with E-state index in [0.717, 1.165) is 84.1 Å². The van der Waals surface area contributed by atoms with Crippen molar-refractivity contribution in [3.05, 3.63) is 53.1 Å². The standard InChI is InChI=1S/C27H30N4O2/c1-18-15-19(2)24-20(16-18)23(32)17-27(33-24)9-13-31(14-10-27)26-25(30-11-5-6-12-30)28-21-7-3-4-8-22(21)29-26/h3-4,7-8,15-16H,5-6,9-14,17H2,1-2H3. The van der Waals surface area contributed by atoms with Crippen LogP contribution in [0.1, 0.15) is 53.6 Å². The normalized spacial score (nSPS) is 19.8. The van der Waals surface area contributed by atoms with Gasteiger partial charge in [-0.1, -0.05) is 18.2 Å². The van der Waals surface area contributed by atoms with Gasteiger partial charge in [0, 0.05) is 39.0 Å². The number of nitrogens with zero attached hydrogens (tertiary/aromatic N) is 4. The zero-order valence-electron chi connectivity index (χ0n) is 19.4. The smallest absolute Gasteiger partial charge is 0.172 e. The number of benzene rings is 2. The number of Topliss-reactive ketones (excluding diaryl/α,β-unsaturated/α-hetero) is 1. The lowest BCUT2D eigenvalue weighted by Crippen LogP contribution is -2.51. The molecule has 6 nitrogen and oxygen atoms in total. The summed E-state index contributed by atoms with van der Waals surface area (Å²) in [6.45, 7) is 7.75. The lowest BCUT2D eigenvalue weighted by Gasteiger charge is -2.45. The molecule has 3 aliphatic heterocycles. The molecular formula is C27H30N4O2. The molecule has 0 N–H and O–H groups in total. The van der Waals surface area contributed by atoms with Crippen LogP contribution in [0.25, 0.3) is 11.0 Å². The van der Waals surface area contributed by atoms with Crippen molar-refractivity contribution in [2.75, 3.05) is 36.0 Å². The van der Waals surface area contributed by atoms with Crippen molar-refractivity contribution in [1.82, 2.24) is 9.97 Å². The van der Waals surface area contributed by atoms with Gasteiger partial charge in [0.25, 0.3) is 0 Å². The van der Waals surface area contributed by atoms with Crippen molar-refractivity contribution in [2.45, 2.75) is 51.6 Å². The molecule has 3 aliphatic rings. The third-order valence-electron chi connectivity index (χ3n) is 7.43. The highest BCUT2D eigenvalue weighted by atomic mass is 16.5. The molecule has 4 heterocycles. The second-order valence-corrected chi connectivity index (χ2v) is 9.88. The highest BCUT2D eigenvalue weighted by Gasteiger charge is 2.44. The Hall–Kier alpha value is -3.15. The number of piperidine rings is 1. The van der Waals surface area contributed by atoms with Gasteiger partial charge in [0.1, 0.15) is 11.4 Å². The Bertz CT molecular complexity index is 1240. The van der Waals surface area contributed by atoms with Crippen molar-refractivity contribution in [1.29, 1.82) is 0 Å². The summed E-state index contributed by atoms with van der Waals surface area (Å²) in [4.78, 5) is 27.9. The SMILES string of the molecule is Cc1cc(C)c2c(c1)C(=O)CC1(CCN(c3nc4ccccc4nc3N3CCCC3)CC1)O2. The fourth-order valence-corrected chi connectivity index (χ4v) is 5.68. The van der Waals surface area contributed by atoms with Crippen LogP contribution in [-0.4, -0.2) is 47.5 Å². The second-order valence-electron chi connectivity index (χ2n) is 9.88. The van der Waals surface area contributed by atoms with Gasteiger partial charge >= 0.3 is 0 Å². The van der Waals surface area contributed by atoms with Gasteiger partial charge < -0.3 is 14.5 Å². The summed E-state index contributed by atoms with van der Waals surface area (Å²) in [7, 11) is 0. The molecule has 0 amide bonds. The van der Waals surface area contributed by atoms with Crippen LogP contribution < -0.4 is 14.5 Å². The molecule has 2 saturated heterocycles. The first kappa shape index (κ1) is 20.5. The van der Waals surface area contributed by atoms with Crippen LogP contribution in [-0.2, 0) is 0 Å². The third-order valence-corrected chi connectivity index (χ3v) is 7.43. The predicted octanol–water partition coefficient (Wildman–Crippen LogP) is 4.85. The number of ether oxygens (including phenoxy) is 1. The molecule has 1 spiro atoms. The van der Waals surface area contributed by atoms with E-state index < -0.39 is 5.60 Å². The molecule has 6 heteroatoms. The highest BCUT2D eigenvalue weighted by molar-refractivity contribution is 6.01. The van der Waals surface area contributed by atoms with Crippen LogP contribution in [0.5, 0.6) is 5.75 Å². The number of fused-ring (bicyclic) bond motifs is 2. The number of hydrogen-bond acceptors (Lipinski definition) is 6. The van der Waals surface area contributed by atoms with Gasteiger partial charge in [-0.15, -0.1) is 0 Å². The number of carbonyl (C=O) groups is 1. The molecule has 0 atom stereocenters. The lowest BCUT2D eigenvalue weighted by molar-refractivity contribution is 0.0225. The zero-order chi connectivity index (χ0) is 22.6. The van der Waals surface area contributed by atoms with E-state index in [1.54, 1.807) is 0 Å². The highest BCUT2D eigenvalue weighted by Crippen LogP contribution is 2.43. The molecule has 3 aromatic rings. The minimum absolute atomic E-state index is 0.208. The third kappa shape index (κ3) is 3.52. The molecule has 33 heavy (non-hydrogen) atoms. The molecule has 1 aromatic heterocycles. The topological polar surface area (TPSA) is 58.6 Å². The van der Waals surface area contributed by atoms with Gasteiger partial charge in [-0.25, -0.2) is 9.97 Å². The Morgan fingerprint density at radius 2 is 1.48 bits per heavy atom. The van der Waals surface area contributed by atoms with E-state index in [2.05, 4.69) is 15.9 Å². The first-order valence-electron chi connectivity index (χ1n) is 12.1. The lowest BCUT2D eigenvalue weighted by atomic mass is 9.81. The summed E-state index contributed by atoms with van der Waals surface area (Å²) in [6.07, 6.45) is 4.47. The van der Waals surface area contributed by atoms with Gasteiger partial charge in [0.2, 0.25) is 0 Å². The van der Waals surface area contributed by atoms with E-state index in [-0.39, 0.29) is 5.78 Å². The predicted molar refractivity (Wildman–Crippen MR) is 131 cm³/mol. The minimum Gasteiger partial charge on any atom is -0.486 e. The molecule has 2 fully saturated rings. The molecule has 6 rings (SSSR count). The Morgan fingerprint density at radius 1 is 0.879 bits per heavy atom. The fraction of sp³-hybridized carbons (Fsp3) is 0.444. The van der Waals surface area contributed by atoms with Crippen LogP contribution in [0.3, 0.4) is 0 Å². The van der Waals surface area contributed by atoms with E-state index in [0.29, 0.717) is 6.42 Å². The quantitative estimate of drug-likeness (QED) is 0.565. The Kier molecular flexibility index (Phi) is 4.78. The van der Waals surface area contributed by atoms with Crippen LogP contribution in [0.4, 0.5) is 11.6 Å². The van der Waals surface area contributed by atoms with Gasteiger partial charge in [-0.2, -0.15) is 0 Å². The van der Waals surface area contributed by atoms with E-state index >= 15 is 0 Å². The molecule has 0 bridgehead atoms. The van der Waals surface area contributed by atoms with Crippen LogP contribution in [0.2, 0.25) is 0 Å². The molecular weight excluding hydrogens is 412 g/mol. The number of para-hydroxylation sites is 2. The maximum atomic E-state index is 13.1. The number of aromatic nitrogens is 2. The first-order chi connectivity index (χ1) is 16.0. The summed E-state index contributed by atoms with van der Waals surface area (Å²) in [5, 5.41) is 0. The maximum absolute atomic E-state index is 13.1. The van der Waals surface area contributed by atoms with Gasteiger partial charge in [0.15, 0.2) is 17.4 Å². The van der Waals surface area contributed by atoms with Crippen LogP contribution in [0, 0.1) is 13.8 Å². The van der Waals surface area contributed by atoms with E-state index in [4.69, 9.17) is 14.7 Å². The Morgan fingerprint density at radius 3 is 2.12 bits per heavy atom. The Labute approximate surface area is 194 Å². The number of anilines is 2. The molecule has 0 aliphatic carbocycles. The summed E-state index contributed by atoms with van der Waals surface area (Å²) in [6, 6.07) is 12.2. The molecule has 170 valence electrons. The second kappa shape index (κ2) is 7.72. The zero-order valence-corrected chi connectivity index (χ0v) is 19.4. The number of aryl methyl sites for hydroxylation is 2. The van der Waals surface area contributed by atoms with Crippen LogP contribution >= 0.6 is 0 Å². The van der Waals surface area contributed by atoms with Crippen molar-refractivity contribution < 1.29 is 9.53 Å². The molecule has 0 radical (unpaired) electrons. The average Bonchev–Trinajstić information content (AvgIpc) is 3.35. The summed E-state index contributed by atoms with van der Waals surface area (Å²) < 4.78 is 6.61. The number of carbonyl (C=O) groups excluding carboxylic acids is 1. The maximum Gasteiger partial charge on any atom is 0.172 e. The first-order valence-corrected chi connectivity index (χ1v) is 12.1. The molecule has 0 saturated carbocycles.